The number of rotatable bonds is 3. The van der Waals surface area contributed by atoms with Crippen molar-refractivity contribution in [2.45, 2.75) is 18.8 Å². The molecule has 88 valence electrons. The molecule has 0 amide bonds. The summed E-state index contributed by atoms with van der Waals surface area (Å²) >= 11 is 6.23. The number of ether oxygens (including phenoxy) is 1. The molecule has 2 rings (SSSR count). The van der Waals surface area contributed by atoms with Crippen molar-refractivity contribution in [2.24, 2.45) is 11.7 Å². The standard InChI is InChI=1S/C13H18ClNO/c14-13-4-2-1-3-11(13)12(9-15)10-5-7-16-8-6-10/h1-4,10,12H,5-9,15H2. The van der Waals surface area contributed by atoms with Gasteiger partial charge in [-0.15, -0.1) is 0 Å². The molecule has 1 aromatic rings. The van der Waals surface area contributed by atoms with E-state index in [-0.39, 0.29) is 0 Å². The minimum absolute atomic E-state index is 0.373. The van der Waals surface area contributed by atoms with E-state index in [1.165, 1.54) is 5.56 Å². The Hall–Kier alpha value is -0.570. The number of hydrogen-bond donors (Lipinski definition) is 1. The fraction of sp³-hybridized carbons (Fsp3) is 0.538. The van der Waals surface area contributed by atoms with Gasteiger partial charge in [0.15, 0.2) is 0 Å². The van der Waals surface area contributed by atoms with Gasteiger partial charge < -0.3 is 10.5 Å². The second-order valence-corrected chi connectivity index (χ2v) is 4.72. The third kappa shape index (κ3) is 2.57. The lowest BCUT2D eigenvalue weighted by Gasteiger charge is -2.30. The maximum absolute atomic E-state index is 6.23. The van der Waals surface area contributed by atoms with Gasteiger partial charge >= 0.3 is 0 Å². The molecule has 0 aliphatic carbocycles. The highest BCUT2D eigenvalue weighted by Crippen LogP contribution is 2.34. The van der Waals surface area contributed by atoms with E-state index < -0.39 is 0 Å². The first-order chi connectivity index (χ1) is 7.83. The molecule has 1 fully saturated rings. The molecule has 2 nitrogen and oxygen atoms in total. The fourth-order valence-electron chi connectivity index (χ4n) is 2.47. The molecule has 1 heterocycles. The third-order valence-electron chi connectivity index (χ3n) is 3.39. The Kier molecular flexibility index (Phi) is 4.22. The summed E-state index contributed by atoms with van der Waals surface area (Å²) in [5.74, 6) is 0.983. The summed E-state index contributed by atoms with van der Waals surface area (Å²) in [5.41, 5.74) is 7.10. The first-order valence-electron chi connectivity index (χ1n) is 5.85. The Balaban J connectivity index is 2.18. The normalized spacial score (nSPS) is 19.6. The van der Waals surface area contributed by atoms with Crippen LogP contribution in [0, 0.1) is 5.92 Å². The van der Waals surface area contributed by atoms with Gasteiger partial charge in [0.1, 0.15) is 0 Å². The van der Waals surface area contributed by atoms with E-state index in [9.17, 15) is 0 Å². The predicted molar refractivity (Wildman–Crippen MR) is 66.8 cm³/mol. The minimum atomic E-state index is 0.373. The molecule has 1 aliphatic heterocycles. The minimum Gasteiger partial charge on any atom is -0.381 e. The molecule has 0 spiro atoms. The monoisotopic (exact) mass is 239 g/mol. The Morgan fingerprint density at radius 1 is 1.31 bits per heavy atom. The molecule has 0 bridgehead atoms. The van der Waals surface area contributed by atoms with Crippen molar-refractivity contribution in [3.8, 4) is 0 Å². The average Bonchev–Trinajstić information content (AvgIpc) is 2.34. The van der Waals surface area contributed by atoms with Gasteiger partial charge in [-0.05, 0) is 36.9 Å². The van der Waals surface area contributed by atoms with Crippen molar-refractivity contribution in [3.63, 3.8) is 0 Å². The Morgan fingerprint density at radius 3 is 2.62 bits per heavy atom. The molecule has 1 aliphatic rings. The first kappa shape index (κ1) is 11.9. The van der Waals surface area contributed by atoms with Crippen LogP contribution in [0.15, 0.2) is 24.3 Å². The highest BCUT2D eigenvalue weighted by atomic mass is 35.5. The second-order valence-electron chi connectivity index (χ2n) is 4.31. The number of nitrogens with two attached hydrogens (primary N) is 1. The second kappa shape index (κ2) is 5.67. The van der Waals surface area contributed by atoms with Crippen molar-refractivity contribution in [1.29, 1.82) is 0 Å². The molecule has 1 atom stereocenters. The highest BCUT2D eigenvalue weighted by Gasteiger charge is 2.25. The third-order valence-corrected chi connectivity index (χ3v) is 3.74. The van der Waals surface area contributed by atoms with Crippen LogP contribution in [0.5, 0.6) is 0 Å². The Morgan fingerprint density at radius 2 is 2.00 bits per heavy atom. The maximum Gasteiger partial charge on any atom is 0.0468 e. The van der Waals surface area contributed by atoms with E-state index in [2.05, 4.69) is 6.07 Å². The molecule has 0 radical (unpaired) electrons. The zero-order valence-electron chi connectivity index (χ0n) is 9.36. The largest absolute Gasteiger partial charge is 0.381 e. The summed E-state index contributed by atoms with van der Waals surface area (Å²) < 4.78 is 5.39. The number of hydrogen-bond acceptors (Lipinski definition) is 2. The van der Waals surface area contributed by atoms with E-state index in [0.717, 1.165) is 31.1 Å². The van der Waals surface area contributed by atoms with Gasteiger partial charge in [0, 0.05) is 24.2 Å². The molecule has 1 aromatic carbocycles. The highest BCUT2D eigenvalue weighted by molar-refractivity contribution is 6.31. The molecule has 1 unspecified atom stereocenters. The quantitative estimate of drug-likeness (QED) is 0.881. The van der Waals surface area contributed by atoms with Crippen LogP contribution >= 0.6 is 11.6 Å². The molecule has 2 N–H and O–H groups in total. The van der Waals surface area contributed by atoms with Crippen molar-refractivity contribution in [3.05, 3.63) is 34.9 Å². The van der Waals surface area contributed by atoms with Crippen LogP contribution in [0.3, 0.4) is 0 Å². The van der Waals surface area contributed by atoms with Gasteiger partial charge in [-0.3, -0.25) is 0 Å². The average molecular weight is 240 g/mol. The topological polar surface area (TPSA) is 35.2 Å². The summed E-state index contributed by atoms with van der Waals surface area (Å²) in [6.07, 6.45) is 2.18. The van der Waals surface area contributed by atoms with E-state index >= 15 is 0 Å². The Bertz CT molecular complexity index is 336. The van der Waals surface area contributed by atoms with E-state index in [1.54, 1.807) is 0 Å². The lowest BCUT2D eigenvalue weighted by molar-refractivity contribution is 0.0586. The van der Waals surface area contributed by atoms with Crippen molar-refractivity contribution < 1.29 is 4.74 Å². The first-order valence-corrected chi connectivity index (χ1v) is 6.23. The van der Waals surface area contributed by atoms with Gasteiger partial charge in [0.05, 0.1) is 0 Å². The number of halogens is 1. The van der Waals surface area contributed by atoms with Crippen LogP contribution in [0.25, 0.3) is 0 Å². The van der Waals surface area contributed by atoms with Crippen molar-refractivity contribution >= 4 is 11.6 Å². The van der Waals surface area contributed by atoms with Crippen LogP contribution in [-0.2, 0) is 4.74 Å². The molecule has 3 heteroatoms. The van der Waals surface area contributed by atoms with E-state index in [1.807, 2.05) is 18.2 Å². The van der Waals surface area contributed by atoms with Crippen LogP contribution < -0.4 is 5.73 Å². The Labute approximate surface area is 102 Å². The van der Waals surface area contributed by atoms with Gasteiger partial charge in [-0.25, -0.2) is 0 Å². The summed E-state index contributed by atoms with van der Waals surface area (Å²) in [7, 11) is 0. The van der Waals surface area contributed by atoms with E-state index in [4.69, 9.17) is 22.1 Å². The summed E-state index contributed by atoms with van der Waals surface area (Å²) in [6.45, 7) is 2.37. The fourth-order valence-corrected chi connectivity index (χ4v) is 2.74. The van der Waals surface area contributed by atoms with Crippen LogP contribution in [0.2, 0.25) is 5.02 Å². The summed E-state index contributed by atoms with van der Waals surface area (Å²) in [4.78, 5) is 0. The van der Waals surface area contributed by atoms with Crippen LogP contribution in [0.4, 0.5) is 0 Å². The van der Waals surface area contributed by atoms with Crippen molar-refractivity contribution in [2.75, 3.05) is 19.8 Å². The number of benzene rings is 1. The smallest absolute Gasteiger partial charge is 0.0468 e. The zero-order valence-corrected chi connectivity index (χ0v) is 10.1. The molecular weight excluding hydrogens is 222 g/mol. The van der Waals surface area contributed by atoms with Crippen molar-refractivity contribution in [1.82, 2.24) is 0 Å². The van der Waals surface area contributed by atoms with E-state index in [0.29, 0.717) is 18.4 Å². The maximum atomic E-state index is 6.23. The molecule has 1 saturated heterocycles. The molecule has 0 saturated carbocycles. The lowest BCUT2D eigenvalue weighted by Crippen LogP contribution is -2.27. The van der Waals surface area contributed by atoms with Gasteiger partial charge in [-0.2, -0.15) is 0 Å². The van der Waals surface area contributed by atoms with Crippen LogP contribution in [-0.4, -0.2) is 19.8 Å². The van der Waals surface area contributed by atoms with Gasteiger partial charge in [0.25, 0.3) is 0 Å². The van der Waals surface area contributed by atoms with Gasteiger partial charge in [-0.1, -0.05) is 29.8 Å². The summed E-state index contributed by atoms with van der Waals surface area (Å²) in [5, 5.41) is 0.837. The SMILES string of the molecule is NCC(c1ccccc1Cl)C1CCOCC1. The summed E-state index contributed by atoms with van der Waals surface area (Å²) in [6, 6.07) is 8.03. The molecule has 0 aromatic heterocycles. The molecular formula is C13H18ClNO. The lowest BCUT2D eigenvalue weighted by atomic mass is 9.81. The molecule has 16 heavy (non-hydrogen) atoms. The van der Waals surface area contributed by atoms with Gasteiger partial charge in [0.2, 0.25) is 0 Å². The zero-order chi connectivity index (χ0) is 11.4. The predicted octanol–water partition coefficient (Wildman–Crippen LogP) is 2.81. The van der Waals surface area contributed by atoms with Crippen LogP contribution in [0.1, 0.15) is 24.3 Å².